The molecule has 11 rings (SSSR count). The fraction of sp³-hybridized carbons (Fsp3) is 0.132. The van der Waals surface area contributed by atoms with E-state index in [1.54, 1.807) is 0 Å². The summed E-state index contributed by atoms with van der Waals surface area (Å²) in [5.74, 6) is 6.41. The number of allylic oxidation sites excluding steroid dienone is 1. The van der Waals surface area contributed by atoms with Gasteiger partial charge in [0.05, 0.1) is 28.1 Å². The van der Waals surface area contributed by atoms with Crippen LogP contribution in [0.15, 0.2) is 133 Å². The number of pyridine rings is 1. The van der Waals surface area contributed by atoms with Gasteiger partial charge in [-0.3, -0.25) is 9.98 Å². The number of para-hydroxylation sites is 1. The molecule has 0 radical (unpaired) electrons. The van der Waals surface area contributed by atoms with E-state index in [-0.39, 0.29) is 6.04 Å². The summed E-state index contributed by atoms with van der Waals surface area (Å²) in [6.07, 6.45) is 6.69. The summed E-state index contributed by atoms with van der Waals surface area (Å²) in [5.41, 5.74) is 19.5. The van der Waals surface area contributed by atoms with Crippen LogP contribution in [0.2, 0.25) is 0 Å². The lowest BCUT2D eigenvalue weighted by atomic mass is 9.90. The second kappa shape index (κ2) is 14.5. The van der Waals surface area contributed by atoms with E-state index in [9.17, 15) is 0 Å². The molecule has 0 amide bonds. The fourth-order valence-corrected chi connectivity index (χ4v) is 8.53. The maximum Gasteiger partial charge on any atom is 0.102 e. The Morgan fingerprint density at radius 2 is 1.40 bits per heavy atom. The quantitative estimate of drug-likeness (QED) is 0.112. The van der Waals surface area contributed by atoms with Gasteiger partial charge in [0.1, 0.15) is 6.04 Å². The molecule has 0 saturated carbocycles. The summed E-state index contributed by atoms with van der Waals surface area (Å²) in [6, 6.07) is 48.4. The van der Waals surface area contributed by atoms with Crippen LogP contribution in [0.25, 0.3) is 93.2 Å². The first kappa shape index (κ1) is 35.6. The highest BCUT2D eigenvalue weighted by molar-refractivity contribution is 6.26. The predicted molar refractivity (Wildman–Crippen MR) is 244 cm³/mol. The summed E-state index contributed by atoms with van der Waals surface area (Å²) < 4.78 is 2.36. The first-order chi connectivity index (χ1) is 28.1. The molecule has 1 aliphatic heterocycles. The van der Waals surface area contributed by atoms with Gasteiger partial charge in [0.25, 0.3) is 0 Å². The Morgan fingerprint density at radius 1 is 0.684 bits per heavy atom. The first-order valence-corrected chi connectivity index (χ1v) is 19.9. The molecule has 0 bridgehead atoms. The Labute approximate surface area is 334 Å². The van der Waals surface area contributed by atoms with Gasteiger partial charge in [-0.05, 0) is 104 Å². The SMILES string of the molecule is CC.CC.Cc1ccc2c(-c3ccc4c5ccc(-c6ccc(-c7c8n(c9ccccc79)C7=CC#CCC7N=C8)cc6)cc5c5c#cccc5c4c3)ccnc2c1N. The zero-order valence-electron chi connectivity index (χ0n) is 32.9. The van der Waals surface area contributed by atoms with E-state index in [1.165, 1.54) is 43.6 Å². The topological polar surface area (TPSA) is 56.2 Å². The number of fused-ring (bicyclic) bond motifs is 12. The summed E-state index contributed by atoms with van der Waals surface area (Å²) >= 11 is 0. The number of hydrogen-bond acceptors (Lipinski definition) is 3. The minimum Gasteiger partial charge on any atom is -0.397 e. The zero-order valence-corrected chi connectivity index (χ0v) is 32.9. The molecular weight excluding hydrogens is 693 g/mol. The van der Waals surface area contributed by atoms with Crippen molar-refractivity contribution in [2.75, 3.05) is 5.73 Å². The molecule has 4 heteroatoms. The predicted octanol–water partition coefficient (Wildman–Crippen LogP) is 13.2. The summed E-state index contributed by atoms with van der Waals surface area (Å²) in [4.78, 5) is 9.55. The van der Waals surface area contributed by atoms with Gasteiger partial charge in [-0.25, -0.2) is 0 Å². The standard InChI is InChI=1S/C49H30N4.2C2H6/c1-29-14-21-39-34(24-25-51-49(39)48(29)50)33-20-23-38-37-22-19-32(26-41(37)35-8-2-3-9-36(35)42(38)27-33)30-15-17-31(18-16-30)47-40-10-4-6-12-44(40)53-45-13-7-5-11-43(45)52-28-46(47)53;2*1-2/h3-4,6,9-10,12-28,43H,11,50H2,1H3;2*1-2H3. The van der Waals surface area contributed by atoms with Crippen LogP contribution in [0.1, 0.15) is 45.4 Å². The lowest BCUT2D eigenvalue weighted by Crippen LogP contribution is -2.20. The molecule has 0 saturated heterocycles. The number of nitrogen functional groups attached to an aromatic ring is 1. The van der Waals surface area contributed by atoms with Crippen LogP contribution < -0.4 is 5.73 Å². The van der Waals surface area contributed by atoms with Crippen LogP contribution in [-0.2, 0) is 0 Å². The van der Waals surface area contributed by atoms with Crippen molar-refractivity contribution in [2.45, 2.75) is 47.1 Å². The van der Waals surface area contributed by atoms with E-state index >= 15 is 0 Å². The number of nitrogens with zero attached hydrogens (tertiary/aromatic N) is 3. The highest BCUT2D eigenvalue weighted by Gasteiger charge is 2.27. The molecule has 1 atom stereocenters. The number of aromatic nitrogens is 2. The molecule has 1 aliphatic carbocycles. The van der Waals surface area contributed by atoms with Crippen molar-refractivity contribution in [1.82, 2.24) is 9.55 Å². The lowest BCUT2D eigenvalue weighted by molar-refractivity contribution is 0.805. The molecule has 7 aromatic carbocycles. The van der Waals surface area contributed by atoms with Crippen LogP contribution >= 0.6 is 0 Å². The molecule has 2 aromatic heterocycles. The molecule has 1 unspecified atom stereocenters. The monoisotopic (exact) mass is 734 g/mol. The normalized spacial score (nSPS) is 13.8. The van der Waals surface area contributed by atoms with Gasteiger partial charge >= 0.3 is 0 Å². The maximum atomic E-state index is 6.46. The van der Waals surface area contributed by atoms with E-state index in [0.29, 0.717) is 0 Å². The number of anilines is 1. The van der Waals surface area contributed by atoms with Gasteiger partial charge in [0.15, 0.2) is 0 Å². The van der Waals surface area contributed by atoms with Crippen LogP contribution in [0, 0.1) is 30.9 Å². The van der Waals surface area contributed by atoms with E-state index < -0.39 is 0 Å². The van der Waals surface area contributed by atoms with Gasteiger partial charge in [-0.15, -0.1) is 0 Å². The van der Waals surface area contributed by atoms with Gasteiger partial charge < -0.3 is 10.3 Å². The number of aliphatic imine (C=N–C) groups is 1. The molecule has 4 nitrogen and oxygen atoms in total. The highest BCUT2D eigenvalue weighted by Crippen LogP contribution is 2.42. The van der Waals surface area contributed by atoms with Crippen molar-refractivity contribution < 1.29 is 0 Å². The number of hydrogen-bond donors (Lipinski definition) is 1. The second-order valence-electron chi connectivity index (χ2n) is 14.0. The lowest BCUT2D eigenvalue weighted by Gasteiger charge is -2.23. The molecule has 0 fully saturated rings. The van der Waals surface area contributed by atoms with Crippen molar-refractivity contribution in [3.63, 3.8) is 0 Å². The van der Waals surface area contributed by atoms with Gasteiger partial charge in [-0.2, -0.15) is 0 Å². The molecule has 57 heavy (non-hydrogen) atoms. The molecule has 9 aromatic rings. The third-order valence-electron chi connectivity index (χ3n) is 11.2. The number of aryl methyl sites for hydroxylation is 1. The van der Waals surface area contributed by atoms with Crippen molar-refractivity contribution in [3.05, 3.63) is 151 Å². The van der Waals surface area contributed by atoms with E-state index in [2.05, 4.69) is 143 Å². The van der Waals surface area contributed by atoms with E-state index in [4.69, 9.17) is 10.7 Å². The summed E-state index contributed by atoms with van der Waals surface area (Å²) in [6.45, 7) is 10.0. The van der Waals surface area contributed by atoms with Gasteiger partial charge in [0.2, 0.25) is 0 Å². The number of benzene rings is 6. The Morgan fingerprint density at radius 3 is 2.25 bits per heavy atom. The van der Waals surface area contributed by atoms with Crippen LogP contribution in [0.5, 0.6) is 0 Å². The molecule has 2 N–H and O–H groups in total. The van der Waals surface area contributed by atoms with Crippen LogP contribution in [-0.4, -0.2) is 21.8 Å². The maximum absolute atomic E-state index is 6.46. The van der Waals surface area contributed by atoms with Crippen molar-refractivity contribution in [3.8, 4) is 45.2 Å². The number of nitrogens with two attached hydrogens (primary N) is 1. The minimum absolute atomic E-state index is 0.0822. The van der Waals surface area contributed by atoms with Gasteiger partial charge in [-0.1, -0.05) is 131 Å². The number of rotatable bonds is 3. The minimum atomic E-state index is 0.0822. The van der Waals surface area contributed by atoms with Crippen molar-refractivity contribution >= 4 is 71.7 Å². The third-order valence-corrected chi connectivity index (χ3v) is 11.2. The smallest absolute Gasteiger partial charge is 0.102 e. The average molecular weight is 735 g/mol. The highest BCUT2D eigenvalue weighted by atomic mass is 15.1. The first-order valence-electron chi connectivity index (χ1n) is 19.9. The van der Waals surface area contributed by atoms with Crippen LogP contribution in [0.3, 0.4) is 0 Å². The second-order valence-corrected chi connectivity index (χ2v) is 14.0. The Balaban J connectivity index is 0.00000103. The zero-order chi connectivity index (χ0) is 39.2. The average Bonchev–Trinajstić information content (AvgIpc) is 3.63. The molecule has 2 aliphatic rings. The van der Waals surface area contributed by atoms with E-state index in [0.717, 1.165) is 73.0 Å². The Bertz CT molecular complexity index is 3150. The van der Waals surface area contributed by atoms with Crippen molar-refractivity contribution in [2.24, 2.45) is 4.99 Å². The van der Waals surface area contributed by atoms with Crippen molar-refractivity contribution in [1.29, 1.82) is 0 Å². The van der Waals surface area contributed by atoms with Gasteiger partial charge in [0, 0.05) is 46.6 Å². The van der Waals surface area contributed by atoms with Crippen LogP contribution in [0.4, 0.5) is 5.69 Å². The summed E-state index contributed by atoms with van der Waals surface area (Å²) in [5, 5.41) is 9.25. The molecule has 3 heterocycles. The fourth-order valence-electron chi connectivity index (χ4n) is 8.53. The molecule has 0 spiro atoms. The summed E-state index contributed by atoms with van der Waals surface area (Å²) in [7, 11) is 0. The third kappa shape index (κ3) is 5.65. The Hall–Kier alpha value is -7.14. The largest absolute Gasteiger partial charge is 0.397 e. The van der Waals surface area contributed by atoms with E-state index in [1.807, 2.05) is 59.2 Å². The molecule has 274 valence electrons. The molecular formula is C53H42N4. The Kier molecular flexibility index (Phi) is 9.04.